The van der Waals surface area contributed by atoms with Crippen LogP contribution < -0.4 is 0 Å². The third kappa shape index (κ3) is 3.27. The first kappa shape index (κ1) is 13.0. The summed E-state index contributed by atoms with van der Waals surface area (Å²) in [5.74, 6) is 2.42. The summed E-state index contributed by atoms with van der Waals surface area (Å²) < 4.78 is 0. The number of aliphatic hydroxyl groups is 1. The van der Waals surface area contributed by atoms with Crippen molar-refractivity contribution in [2.75, 3.05) is 16.6 Å². The third-order valence-corrected chi connectivity index (χ3v) is 5.60. The number of aliphatic hydroxyl groups excluding tert-OH is 1. The second-order valence-electron chi connectivity index (χ2n) is 4.24. The molecule has 0 aromatic heterocycles. The molecule has 0 amide bonds. The van der Waals surface area contributed by atoms with E-state index in [1.54, 1.807) is 19.1 Å². The molecule has 1 heterocycles. The van der Waals surface area contributed by atoms with Crippen LogP contribution in [0.3, 0.4) is 0 Å². The summed E-state index contributed by atoms with van der Waals surface area (Å²) in [6.45, 7) is 1.56. The van der Waals surface area contributed by atoms with E-state index in [0.717, 1.165) is 22.2 Å². The van der Waals surface area contributed by atoms with Gasteiger partial charge >= 0.3 is 0 Å². The van der Waals surface area contributed by atoms with E-state index in [4.69, 9.17) is 0 Å². The molecule has 2 rings (SSSR count). The van der Waals surface area contributed by atoms with E-state index in [0.29, 0.717) is 11.5 Å². The molecule has 0 spiro atoms. The van der Waals surface area contributed by atoms with Crippen molar-refractivity contribution in [1.82, 2.24) is 0 Å². The molecule has 2 nitrogen and oxygen atoms in total. The number of rotatable bonds is 3. The van der Waals surface area contributed by atoms with Gasteiger partial charge in [-0.2, -0.15) is 23.5 Å². The first-order chi connectivity index (χ1) is 8.18. The standard InChI is InChI=1S/C13H16O2S2/c1-9(14)10-2-4-11(5-3-10)13(15)12-6-16-8-17-7-12/h2-5,12-13,15H,6-8H2,1H3. The van der Waals surface area contributed by atoms with Gasteiger partial charge in [-0.3, -0.25) is 4.79 Å². The minimum absolute atomic E-state index is 0.0646. The fourth-order valence-corrected chi connectivity index (χ4v) is 4.47. The lowest BCUT2D eigenvalue weighted by molar-refractivity contribution is 0.101. The average molecular weight is 268 g/mol. The van der Waals surface area contributed by atoms with Crippen molar-refractivity contribution in [3.8, 4) is 0 Å². The van der Waals surface area contributed by atoms with E-state index < -0.39 is 6.10 Å². The van der Waals surface area contributed by atoms with Crippen LogP contribution in [0.5, 0.6) is 0 Å². The molecular weight excluding hydrogens is 252 g/mol. The molecule has 1 saturated heterocycles. The Bertz CT molecular complexity index is 383. The summed E-state index contributed by atoms with van der Waals surface area (Å²) in [7, 11) is 0. The van der Waals surface area contributed by atoms with Crippen LogP contribution in [0.2, 0.25) is 0 Å². The van der Waals surface area contributed by atoms with Gasteiger partial charge in [0.25, 0.3) is 0 Å². The van der Waals surface area contributed by atoms with Gasteiger partial charge in [0.2, 0.25) is 0 Å². The Balaban J connectivity index is 2.07. The van der Waals surface area contributed by atoms with Crippen molar-refractivity contribution in [3.05, 3.63) is 35.4 Å². The van der Waals surface area contributed by atoms with E-state index in [2.05, 4.69) is 0 Å². The van der Waals surface area contributed by atoms with Crippen LogP contribution in [0.25, 0.3) is 0 Å². The van der Waals surface area contributed by atoms with Gasteiger partial charge in [0.05, 0.1) is 6.10 Å². The molecule has 0 radical (unpaired) electrons. The number of hydrogen-bond donors (Lipinski definition) is 1. The second kappa shape index (κ2) is 5.94. The highest BCUT2D eigenvalue weighted by Gasteiger charge is 2.23. The molecule has 1 aliphatic heterocycles. The molecule has 1 aromatic rings. The van der Waals surface area contributed by atoms with Gasteiger partial charge < -0.3 is 5.11 Å². The van der Waals surface area contributed by atoms with Crippen molar-refractivity contribution in [2.24, 2.45) is 5.92 Å². The SMILES string of the molecule is CC(=O)c1ccc(C(O)C2CSCSC2)cc1. The Hall–Kier alpha value is -0.450. The predicted molar refractivity (Wildman–Crippen MR) is 74.7 cm³/mol. The van der Waals surface area contributed by atoms with E-state index in [9.17, 15) is 9.90 Å². The van der Waals surface area contributed by atoms with E-state index in [-0.39, 0.29) is 5.78 Å². The number of carbonyl (C=O) groups excluding carboxylic acids is 1. The fourth-order valence-electron chi connectivity index (χ4n) is 1.88. The second-order valence-corrected chi connectivity index (χ2v) is 6.67. The number of ketones is 1. The van der Waals surface area contributed by atoms with Crippen molar-refractivity contribution in [1.29, 1.82) is 0 Å². The molecule has 1 atom stereocenters. The van der Waals surface area contributed by atoms with Crippen molar-refractivity contribution >= 4 is 29.3 Å². The summed E-state index contributed by atoms with van der Waals surface area (Å²) >= 11 is 3.77. The lowest BCUT2D eigenvalue weighted by atomic mass is 9.97. The Morgan fingerprint density at radius 3 is 2.41 bits per heavy atom. The number of Topliss-reactive ketones (excluding diaryl/α,β-unsaturated/α-hetero) is 1. The molecule has 17 heavy (non-hydrogen) atoms. The molecule has 1 unspecified atom stereocenters. The van der Waals surface area contributed by atoms with Gasteiger partial charge in [-0.05, 0) is 12.5 Å². The van der Waals surface area contributed by atoms with Crippen LogP contribution in [0, 0.1) is 5.92 Å². The highest BCUT2D eigenvalue weighted by atomic mass is 32.2. The molecule has 4 heteroatoms. The fraction of sp³-hybridized carbons (Fsp3) is 0.462. The van der Waals surface area contributed by atoms with Crippen LogP contribution in [0.4, 0.5) is 0 Å². The lowest BCUT2D eigenvalue weighted by Gasteiger charge is -2.26. The number of carbonyl (C=O) groups is 1. The monoisotopic (exact) mass is 268 g/mol. The van der Waals surface area contributed by atoms with Crippen LogP contribution in [0.1, 0.15) is 28.9 Å². The molecule has 1 N–H and O–H groups in total. The Labute approximate surface area is 110 Å². The van der Waals surface area contributed by atoms with E-state index in [1.165, 1.54) is 0 Å². The molecular formula is C13H16O2S2. The average Bonchev–Trinajstić information content (AvgIpc) is 2.39. The van der Waals surface area contributed by atoms with E-state index >= 15 is 0 Å². The van der Waals surface area contributed by atoms with Gasteiger partial charge in [-0.25, -0.2) is 0 Å². The Morgan fingerprint density at radius 1 is 1.29 bits per heavy atom. The summed E-state index contributed by atoms with van der Waals surface area (Å²) in [6, 6.07) is 7.32. The van der Waals surface area contributed by atoms with E-state index in [1.807, 2.05) is 35.7 Å². The summed E-state index contributed by atoms with van der Waals surface area (Å²) in [6.07, 6.45) is -0.406. The van der Waals surface area contributed by atoms with Crippen LogP contribution in [0.15, 0.2) is 24.3 Å². The zero-order valence-corrected chi connectivity index (χ0v) is 11.4. The van der Waals surface area contributed by atoms with Gasteiger partial charge in [0.1, 0.15) is 0 Å². The van der Waals surface area contributed by atoms with Gasteiger partial charge in [-0.1, -0.05) is 24.3 Å². The summed E-state index contributed by atoms with van der Waals surface area (Å²) in [5.41, 5.74) is 1.62. The third-order valence-electron chi connectivity index (χ3n) is 2.94. The predicted octanol–water partition coefficient (Wildman–Crippen LogP) is 2.98. The Morgan fingerprint density at radius 2 is 1.88 bits per heavy atom. The number of benzene rings is 1. The molecule has 0 aliphatic carbocycles. The van der Waals surface area contributed by atoms with Gasteiger partial charge in [-0.15, -0.1) is 0 Å². The number of hydrogen-bond acceptors (Lipinski definition) is 4. The van der Waals surface area contributed by atoms with Crippen LogP contribution in [-0.4, -0.2) is 27.5 Å². The van der Waals surface area contributed by atoms with Gasteiger partial charge in [0, 0.05) is 28.1 Å². The minimum Gasteiger partial charge on any atom is -0.388 e. The Kier molecular flexibility index (Phi) is 4.54. The highest BCUT2D eigenvalue weighted by Crippen LogP contribution is 2.34. The quantitative estimate of drug-likeness (QED) is 0.855. The molecule has 1 aromatic carbocycles. The molecule has 0 saturated carbocycles. The molecule has 1 aliphatic rings. The molecule has 1 fully saturated rings. The maximum atomic E-state index is 11.2. The van der Waals surface area contributed by atoms with Crippen molar-refractivity contribution < 1.29 is 9.90 Å². The first-order valence-corrected chi connectivity index (χ1v) is 7.94. The van der Waals surface area contributed by atoms with Gasteiger partial charge in [0.15, 0.2) is 5.78 Å². The topological polar surface area (TPSA) is 37.3 Å². The molecule has 92 valence electrons. The minimum atomic E-state index is -0.406. The lowest BCUT2D eigenvalue weighted by Crippen LogP contribution is -2.20. The zero-order valence-electron chi connectivity index (χ0n) is 9.76. The molecule has 0 bridgehead atoms. The van der Waals surface area contributed by atoms with Crippen LogP contribution >= 0.6 is 23.5 Å². The summed E-state index contributed by atoms with van der Waals surface area (Å²) in [5, 5.41) is 11.4. The number of thioether (sulfide) groups is 2. The maximum absolute atomic E-state index is 11.2. The van der Waals surface area contributed by atoms with Crippen molar-refractivity contribution in [3.63, 3.8) is 0 Å². The summed E-state index contributed by atoms with van der Waals surface area (Å²) in [4.78, 5) is 11.2. The first-order valence-electron chi connectivity index (χ1n) is 5.63. The maximum Gasteiger partial charge on any atom is 0.159 e. The van der Waals surface area contributed by atoms with Crippen LogP contribution in [-0.2, 0) is 0 Å². The highest BCUT2D eigenvalue weighted by molar-refractivity contribution is 8.16. The largest absolute Gasteiger partial charge is 0.388 e. The zero-order chi connectivity index (χ0) is 12.3. The van der Waals surface area contributed by atoms with Crippen molar-refractivity contribution in [2.45, 2.75) is 13.0 Å². The smallest absolute Gasteiger partial charge is 0.159 e. The normalized spacial score (nSPS) is 18.9.